The summed E-state index contributed by atoms with van der Waals surface area (Å²) in [4.78, 5) is 13.8. The van der Waals surface area contributed by atoms with E-state index in [4.69, 9.17) is 4.74 Å². The summed E-state index contributed by atoms with van der Waals surface area (Å²) in [6.07, 6.45) is 1.05. The molecule has 0 radical (unpaired) electrons. The molecule has 0 saturated carbocycles. The Labute approximate surface area is 147 Å². The summed E-state index contributed by atoms with van der Waals surface area (Å²) in [6.45, 7) is 2.52. The fourth-order valence-electron chi connectivity index (χ4n) is 2.94. The third kappa shape index (κ3) is 3.46. The van der Waals surface area contributed by atoms with E-state index in [0.717, 1.165) is 11.3 Å². The molecule has 3 rings (SSSR count). The number of hydrogen-bond donors (Lipinski definition) is 1. The zero-order valence-electron chi connectivity index (χ0n) is 14.2. The van der Waals surface area contributed by atoms with Gasteiger partial charge in [-0.25, -0.2) is 8.42 Å². The quantitative estimate of drug-likeness (QED) is 0.890. The molecule has 1 N–H and O–H groups in total. The van der Waals surface area contributed by atoms with Gasteiger partial charge >= 0.3 is 0 Å². The molecule has 132 valence electrons. The first kappa shape index (κ1) is 17.3. The number of methoxy groups -OCH3 is 1. The Balaban J connectivity index is 1.86. The van der Waals surface area contributed by atoms with Crippen molar-refractivity contribution in [3.05, 3.63) is 48.0 Å². The molecule has 1 aliphatic heterocycles. The molecule has 0 bridgehead atoms. The van der Waals surface area contributed by atoms with Gasteiger partial charge < -0.3 is 9.64 Å². The van der Waals surface area contributed by atoms with Gasteiger partial charge in [-0.3, -0.25) is 9.52 Å². The molecule has 0 saturated heterocycles. The van der Waals surface area contributed by atoms with Crippen LogP contribution in [0.15, 0.2) is 47.4 Å². The summed E-state index contributed by atoms with van der Waals surface area (Å²) in [5.41, 5.74) is 2.31. The van der Waals surface area contributed by atoms with Crippen molar-refractivity contribution in [1.82, 2.24) is 0 Å². The van der Waals surface area contributed by atoms with Crippen LogP contribution in [0.25, 0.3) is 0 Å². The first-order valence-electron chi connectivity index (χ1n) is 8.05. The van der Waals surface area contributed by atoms with E-state index in [-0.39, 0.29) is 10.8 Å². The van der Waals surface area contributed by atoms with Crippen LogP contribution in [-0.2, 0) is 21.2 Å². The Hall–Kier alpha value is -2.54. The number of benzene rings is 2. The van der Waals surface area contributed by atoms with Gasteiger partial charge in [-0.1, -0.05) is 0 Å². The van der Waals surface area contributed by atoms with Crippen molar-refractivity contribution in [2.75, 3.05) is 23.3 Å². The standard InChI is InChI=1S/C18H20N2O4S/c1-3-20-17-10-5-14(12-13(17)4-11-18(20)21)19-25(22,23)16-8-6-15(24-2)7-9-16/h5-10,12,19H,3-4,11H2,1-2H3. The van der Waals surface area contributed by atoms with E-state index in [2.05, 4.69) is 4.72 Å². The maximum atomic E-state index is 12.5. The molecule has 1 amide bonds. The number of fused-ring (bicyclic) bond motifs is 1. The van der Waals surface area contributed by atoms with E-state index >= 15 is 0 Å². The van der Waals surface area contributed by atoms with Crippen LogP contribution in [0.5, 0.6) is 5.75 Å². The smallest absolute Gasteiger partial charge is 0.261 e. The summed E-state index contributed by atoms with van der Waals surface area (Å²) in [5.74, 6) is 0.693. The predicted octanol–water partition coefficient (Wildman–Crippen LogP) is 2.80. The van der Waals surface area contributed by atoms with Gasteiger partial charge in [0.2, 0.25) is 5.91 Å². The van der Waals surface area contributed by atoms with Crippen molar-refractivity contribution in [2.45, 2.75) is 24.7 Å². The molecule has 1 aliphatic rings. The van der Waals surface area contributed by atoms with Gasteiger partial charge in [0.1, 0.15) is 5.75 Å². The molecule has 0 atom stereocenters. The van der Waals surface area contributed by atoms with Crippen molar-refractivity contribution >= 4 is 27.3 Å². The van der Waals surface area contributed by atoms with Gasteiger partial charge in [-0.2, -0.15) is 0 Å². The molecule has 2 aromatic rings. The number of rotatable bonds is 5. The minimum atomic E-state index is -3.68. The molecule has 0 fully saturated rings. The topological polar surface area (TPSA) is 75.7 Å². The number of sulfonamides is 1. The number of carbonyl (C=O) groups is 1. The third-order valence-electron chi connectivity index (χ3n) is 4.22. The average Bonchev–Trinajstić information content (AvgIpc) is 2.61. The minimum absolute atomic E-state index is 0.0987. The summed E-state index contributed by atoms with van der Waals surface area (Å²) < 4.78 is 32.7. The Morgan fingerprint density at radius 2 is 1.84 bits per heavy atom. The van der Waals surface area contributed by atoms with Crippen molar-refractivity contribution in [3.63, 3.8) is 0 Å². The zero-order chi connectivity index (χ0) is 18.0. The van der Waals surface area contributed by atoms with Gasteiger partial charge in [0.25, 0.3) is 10.0 Å². The minimum Gasteiger partial charge on any atom is -0.497 e. The fourth-order valence-corrected chi connectivity index (χ4v) is 3.99. The Morgan fingerprint density at radius 3 is 2.48 bits per heavy atom. The van der Waals surface area contributed by atoms with Crippen molar-refractivity contribution in [3.8, 4) is 5.75 Å². The molecule has 0 aromatic heterocycles. The second-order valence-electron chi connectivity index (χ2n) is 5.76. The van der Waals surface area contributed by atoms with Gasteiger partial charge in [0.15, 0.2) is 0 Å². The number of carbonyl (C=O) groups excluding carboxylic acids is 1. The summed E-state index contributed by atoms with van der Waals surface area (Å²) in [6, 6.07) is 11.5. The normalized spacial score (nSPS) is 14.2. The molecule has 1 heterocycles. The highest BCUT2D eigenvalue weighted by atomic mass is 32.2. The monoisotopic (exact) mass is 360 g/mol. The van der Waals surface area contributed by atoms with Crippen LogP contribution < -0.4 is 14.4 Å². The molecule has 2 aromatic carbocycles. The number of hydrogen-bond acceptors (Lipinski definition) is 4. The van der Waals surface area contributed by atoms with E-state index in [1.54, 1.807) is 35.2 Å². The van der Waals surface area contributed by atoms with Crippen LogP contribution in [0.3, 0.4) is 0 Å². The van der Waals surface area contributed by atoms with E-state index in [9.17, 15) is 13.2 Å². The lowest BCUT2D eigenvalue weighted by Crippen LogP contribution is -2.34. The lowest BCUT2D eigenvalue weighted by Gasteiger charge is -2.28. The van der Waals surface area contributed by atoms with E-state index in [1.165, 1.54) is 19.2 Å². The van der Waals surface area contributed by atoms with Gasteiger partial charge in [0.05, 0.1) is 12.0 Å². The van der Waals surface area contributed by atoms with Crippen LogP contribution in [0.1, 0.15) is 18.9 Å². The second-order valence-corrected chi connectivity index (χ2v) is 7.44. The summed E-state index contributed by atoms with van der Waals surface area (Å²) >= 11 is 0. The molecule has 0 unspecified atom stereocenters. The van der Waals surface area contributed by atoms with Crippen LogP contribution >= 0.6 is 0 Å². The van der Waals surface area contributed by atoms with Crippen LogP contribution in [0, 0.1) is 0 Å². The fraction of sp³-hybridized carbons (Fsp3) is 0.278. The molecule has 6 nitrogen and oxygen atoms in total. The van der Waals surface area contributed by atoms with Crippen LogP contribution in [-0.4, -0.2) is 28.0 Å². The Kier molecular flexibility index (Phi) is 4.67. The Bertz CT molecular complexity index is 892. The SMILES string of the molecule is CCN1C(=O)CCc2cc(NS(=O)(=O)c3ccc(OC)cc3)ccc21. The number of aryl methyl sites for hydroxylation is 1. The number of nitrogens with one attached hydrogen (secondary N) is 1. The third-order valence-corrected chi connectivity index (χ3v) is 5.61. The molecular weight excluding hydrogens is 340 g/mol. The van der Waals surface area contributed by atoms with E-state index < -0.39 is 10.0 Å². The molecule has 0 aliphatic carbocycles. The van der Waals surface area contributed by atoms with Crippen molar-refractivity contribution in [2.24, 2.45) is 0 Å². The highest BCUT2D eigenvalue weighted by molar-refractivity contribution is 7.92. The zero-order valence-corrected chi connectivity index (χ0v) is 15.0. The largest absolute Gasteiger partial charge is 0.497 e. The first-order chi connectivity index (χ1) is 11.9. The van der Waals surface area contributed by atoms with Crippen LogP contribution in [0.4, 0.5) is 11.4 Å². The maximum Gasteiger partial charge on any atom is 0.261 e. The van der Waals surface area contributed by atoms with Crippen molar-refractivity contribution in [1.29, 1.82) is 0 Å². The molecule has 0 spiro atoms. The number of amides is 1. The summed E-state index contributed by atoms with van der Waals surface area (Å²) in [7, 11) is -2.15. The number of ether oxygens (including phenoxy) is 1. The highest BCUT2D eigenvalue weighted by Gasteiger charge is 2.23. The maximum absolute atomic E-state index is 12.5. The molecule has 25 heavy (non-hydrogen) atoms. The van der Waals surface area contributed by atoms with Gasteiger partial charge in [-0.05, 0) is 61.4 Å². The van der Waals surface area contributed by atoms with Gasteiger partial charge in [-0.15, -0.1) is 0 Å². The lowest BCUT2D eigenvalue weighted by molar-refractivity contribution is -0.118. The first-order valence-corrected chi connectivity index (χ1v) is 9.53. The van der Waals surface area contributed by atoms with E-state index in [1.807, 2.05) is 6.92 Å². The highest BCUT2D eigenvalue weighted by Crippen LogP contribution is 2.31. The summed E-state index contributed by atoms with van der Waals surface area (Å²) in [5, 5.41) is 0. The average molecular weight is 360 g/mol. The number of nitrogens with zero attached hydrogens (tertiary/aromatic N) is 1. The van der Waals surface area contributed by atoms with E-state index in [0.29, 0.717) is 30.8 Å². The molecular formula is C18H20N2O4S. The van der Waals surface area contributed by atoms with Gasteiger partial charge in [0, 0.05) is 24.3 Å². The lowest BCUT2D eigenvalue weighted by atomic mass is 10.0. The molecule has 7 heteroatoms. The second kappa shape index (κ2) is 6.76. The van der Waals surface area contributed by atoms with Crippen molar-refractivity contribution < 1.29 is 17.9 Å². The number of anilines is 2. The van der Waals surface area contributed by atoms with Crippen LogP contribution in [0.2, 0.25) is 0 Å². The predicted molar refractivity (Wildman–Crippen MR) is 96.6 cm³/mol. The Morgan fingerprint density at radius 1 is 1.12 bits per heavy atom.